The molecular formula is C20H18O5. The molecule has 0 aliphatic heterocycles. The first-order chi connectivity index (χ1) is 12.1. The molecule has 25 heavy (non-hydrogen) atoms. The highest BCUT2D eigenvalue weighted by atomic mass is 16.5. The van der Waals surface area contributed by atoms with Gasteiger partial charge < -0.3 is 18.9 Å². The summed E-state index contributed by atoms with van der Waals surface area (Å²) >= 11 is 0. The zero-order chi connectivity index (χ0) is 17.8. The predicted molar refractivity (Wildman–Crippen MR) is 95.0 cm³/mol. The molecular weight excluding hydrogens is 320 g/mol. The van der Waals surface area contributed by atoms with Crippen LogP contribution in [0.25, 0.3) is 10.8 Å². The molecule has 0 unspecified atom stereocenters. The SMILES string of the molecule is COc1cc(OC)cc(C(=O)Oc2ccc3ccc(OC)cc3c2)c1. The van der Waals surface area contributed by atoms with E-state index in [0.717, 1.165) is 16.5 Å². The smallest absolute Gasteiger partial charge is 0.343 e. The Morgan fingerprint density at radius 2 is 1.20 bits per heavy atom. The van der Waals surface area contributed by atoms with Crippen molar-refractivity contribution in [3.05, 3.63) is 60.2 Å². The first-order valence-electron chi connectivity index (χ1n) is 7.66. The number of carbonyl (C=O) groups is 1. The van der Waals surface area contributed by atoms with Gasteiger partial charge in [0, 0.05) is 6.07 Å². The van der Waals surface area contributed by atoms with Crippen LogP contribution in [-0.2, 0) is 0 Å². The third kappa shape index (κ3) is 3.66. The topological polar surface area (TPSA) is 54.0 Å². The van der Waals surface area contributed by atoms with Gasteiger partial charge in [-0.1, -0.05) is 12.1 Å². The average molecular weight is 338 g/mol. The summed E-state index contributed by atoms with van der Waals surface area (Å²) in [6.45, 7) is 0. The van der Waals surface area contributed by atoms with E-state index in [1.54, 1.807) is 37.4 Å². The lowest BCUT2D eigenvalue weighted by atomic mass is 10.1. The number of ether oxygens (including phenoxy) is 4. The lowest BCUT2D eigenvalue weighted by molar-refractivity contribution is 0.0734. The van der Waals surface area contributed by atoms with Gasteiger partial charge in [0.05, 0.1) is 26.9 Å². The standard InChI is InChI=1S/C20H18O5/c1-22-16-6-4-13-5-7-17(9-14(13)8-16)25-20(21)15-10-18(23-2)12-19(11-15)24-3/h4-12H,1-3H3. The molecule has 0 radical (unpaired) electrons. The van der Waals surface area contributed by atoms with E-state index in [9.17, 15) is 4.79 Å². The van der Waals surface area contributed by atoms with Crippen LogP contribution in [0, 0.1) is 0 Å². The summed E-state index contributed by atoms with van der Waals surface area (Å²) < 4.78 is 21.1. The molecule has 0 heterocycles. The van der Waals surface area contributed by atoms with Crippen molar-refractivity contribution in [1.82, 2.24) is 0 Å². The van der Waals surface area contributed by atoms with Crippen molar-refractivity contribution in [3.63, 3.8) is 0 Å². The Kier molecular flexibility index (Phi) is 4.75. The third-order valence-corrected chi connectivity index (χ3v) is 3.82. The summed E-state index contributed by atoms with van der Waals surface area (Å²) in [5, 5.41) is 1.96. The number of fused-ring (bicyclic) bond motifs is 1. The van der Waals surface area contributed by atoms with Gasteiger partial charge in [-0.15, -0.1) is 0 Å². The van der Waals surface area contributed by atoms with Gasteiger partial charge in [0.2, 0.25) is 0 Å². The van der Waals surface area contributed by atoms with Crippen LogP contribution in [-0.4, -0.2) is 27.3 Å². The van der Waals surface area contributed by atoms with Crippen molar-refractivity contribution in [2.24, 2.45) is 0 Å². The van der Waals surface area contributed by atoms with Gasteiger partial charge in [-0.25, -0.2) is 4.79 Å². The molecule has 0 atom stereocenters. The molecule has 0 amide bonds. The minimum atomic E-state index is -0.487. The van der Waals surface area contributed by atoms with Gasteiger partial charge in [-0.3, -0.25) is 0 Å². The zero-order valence-corrected chi connectivity index (χ0v) is 14.2. The van der Waals surface area contributed by atoms with Crippen molar-refractivity contribution < 1.29 is 23.7 Å². The monoisotopic (exact) mass is 338 g/mol. The van der Waals surface area contributed by atoms with Crippen molar-refractivity contribution in [2.75, 3.05) is 21.3 Å². The molecule has 0 N–H and O–H groups in total. The van der Waals surface area contributed by atoms with E-state index in [2.05, 4.69) is 0 Å². The van der Waals surface area contributed by atoms with Crippen molar-refractivity contribution in [2.45, 2.75) is 0 Å². The van der Waals surface area contributed by atoms with Crippen LogP contribution < -0.4 is 18.9 Å². The normalized spacial score (nSPS) is 10.4. The molecule has 0 spiro atoms. The van der Waals surface area contributed by atoms with E-state index in [1.165, 1.54) is 14.2 Å². The van der Waals surface area contributed by atoms with Gasteiger partial charge in [0.1, 0.15) is 23.0 Å². The molecule has 3 rings (SSSR count). The molecule has 0 aliphatic rings. The summed E-state index contributed by atoms with van der Waals surface area (Å²) in [4.78, 5) is 12.5. The molecule has 0 saturated heterocycles. The van der Waals surface area contributed by atoms with E-state index in [4.69, 9.17) is 18.9 Å². The molecule has 0 bridgehead atoms. The number of rotatable bonds is 5. The Hall–Kier alpha value is -3.21. The van der Waals surface area contributed by atoms with Crippen LogP contribution in [0.4, 0.5) is 0 Å². The summed E-state index contributed by atoms with van der Waals surface area (Å²) in [6.07, 6.45) is 0. The first-order valence-corrected chi connectivity index (χ1v) is 7.66. The minimum Gasteiger partial charge on any atom is -0.497 e. The van der Waals surface area contributed by atoms with Crippen molar-refractivity contribution >= 4 is 16.7 Å². The fraction of sp³-hybridized carbons (Fsp3) is 0.150. The quantitative estimate of drug-likeness (QED) is 0.518. The Bertz CT molecular complexity index is 895. The van der Waals surface area contributed by atoms with Crippen LogP contribution in [0.5, 0.6) is 23.0 Å². The number of benzene rings is 3. The molecule has 0 saturated carbocycles. The number of hydrogen-bond acceptors (Lipinski definition) is 5. The van der Waals surface area contributed by atoms with Crippen LogP contribution in [0.2, 0.25) is 0 Å². The van der Waals surface area contributed by atoms with E-state index in [-0.39, 0.29) is 0 Å². The number of hydrogen-bond donors (Lipinski definition) is 0. The van der Waals surface area contributed by atoms with Crippen LogP contribution in [0.1, 0.15) is 10.4 Å². The van der Waals surface area contributed by atoms with Gasteiger partial charge in [0.15, 0.2) is 0 Å². The van der Waals surface area contributed by atoms with E-state index in [0.29, 0.717) is 22.8 Å². The molecule has 0 aliphatic carbocycles. The molecule has 0 aromatic heterocycles. The number of esters is 1. The summed E-state index contributed by atoms with van der Waals surface area (Å²) in [5.74, 6) is 1.75. The second-order valence-electron chi connectivity index (χ2n) is 5.37. The second kappa shape index (κ2) is 7.13. The molecule has 3 aromatic carbocycles. The molecule has 3 aromatic rings. The molecule has 5 heteroatoms. The van der Waals surface area contributed by atoms with Crippen LogP contribution in [0.15, 0.2) is 54.6 Å². The summed E-state index contributed by atoms with van der Waals surface area (Å²) in [5.41, 5.74) is 0.349. The maximum Gasteiger partial charge on any atom is 0.343 e. The summed E-state index contributed by atoms with van der Waals surface area (Å²) in [7, 11) is 4.67. The highest BCUT2D eigenvalue weighted by molar-refractivity contribution is 5.93. The van der Waals surface area contributed by atoms with E-state index < -0.39 is 5.97 Å². The lowest BCUT2D eigenvalue weighted by Gasteiger charge is -2.09. The Morgan fingerprint density at radius 3 is 1.80 bits per heavy atom. The van der Waals surface area contributed by atoms with Crippen molar-refractivity contribution in [3.8, 4) is 23.0 Å². The number of methoxy groups -OCH3 is 3. The largest absolute Gasteiger partial charge is 0.497 e. The van der Waals surface area contributed by atoms with Crippen molar-refractivity contribution in [1.29, 1.82) is 0 Å². The van der Waals surface area contributed by atoms with E-state index >= 15 is 0 Å². The fourth-order valence-electron chi connectivity index (χ4n) is 2.48. The summed E-state index contributed by atoms with van der Waals surface area (Å²) in [6, 6.07) is 16.1. The maximum atomic E-state index is 12.5. The van der Waals surface area contributed by atoms with E-state index in [1.807, 2.05) is 24.3 Å². The first kappa shape index (κ1) is 16.6. The van der Waals surface area contributed by atoms with Crippen LogP contribution >= 0.6 is 0 Å². The number of carbonyl (C=O) groups excluding carboxylic acids is 1. The highest BCUT2D eigenvalue weighted by Gasteiger charge is 2.13. The molecule has 0 fully saturated rings. The molecule has 5 nitrogen and oxygen atoms in total. The third-order valence-electron chi connectivity index (χ3n) is 3.82. The predicted octanol–water partition coefficient (Wildman–Crippen LogP) is 4.08. The van der Waals surface area contributed by atoms with Crippen LogP contribution in [0.3, 0.4) is 0 Å². The minimum absolute atomic E-state index is 0.349. The Morgan fingerprint density at radius 1 is 0.640 bits per heavy atom. The maximum absolute atomic E-state index is 12.5. The van der Waals surface area contributed by atoms with Gasteiger partial charge in [-0.05, 0) is 47.2 Å². The molecule has 128 valence electrons. The Balaban J connectivity index is 1.88. The highest BCUT2D eigenvalue weighted by Crippen LogP contribution is 2.27. The van der Waals surface area contributed by atoms with Gasteiger partial charge in [0.25, 0.3) is 0 Å². The average Bonchev–Trinajstić information content (AvgIpc) is 2.66. The second-order valence-corrected chi connectivity index (χ2v) is 5.37. The Labute approximate surface area is 145 Å². The van der Waals surface area contributed by atoms with Gasteiger partial charge >= 0.3 is 5.97 Å². The zero-order valence-electron chi connectivity index (χ0n) is 14.2. The van der Waals surface area contributed by atoms with Gasteiger partial charge in [-0.2, -0.15) is 0 Å². The fourth-order valence-corrected chi connectivity index (χ4v) is 2.48. The lowest BCUT2D eigenvalue weighted by Crippen LogP contribution is -2.09.